The van der Waals surface area contributed by atoms with Crippen molar-refractivity contribution in [3.63, 3.8) is 0 Å². The summed E-state index contributed by atoms with van der Waals surface area (Å²) in [5.41, 5.74) is 3.50. The molecule has 0 bridgehead atoms. The Morgan fingerprint density at radius 1 is 0.969 bits per heavy atom. The number of para-hydroxylation sites is 1. The van der Waals surface area contributed by atoms with E-state index in [1.165, 1.54) is 11.8 Å². The third-order valence-electron chi connectivity index (χ3n) is 5.63. The van der Waals surface area contributed by atoms with Gasteiger partial charge in [0.05, 0.1) is 10.8 Å². The predicted molar refractivity (Wildman–Crippen MR) is 131 cm³/mol. The molecule has 0 saturated heterocycles. The van der Waals surface area contributed by atoms with Crippen molar-refractivity contribution in [2.24, 2.45) is 0 Å². The molecule has 7 heteroatoms. The zero-order chi connectivity index (χ0) is 22.1. The molecule has 5 aromatic rings. The number of thioether (sulfide) groups is 1. The van der Waals surface area contributed by atoms with E-state index >= 15 is 0 Å². The molecule has 1 amide bonds. The van der Waals surface area contributed by atoms with Gasteiger partial charge in [-0.15, -0.1) is 10.2 Å². The number of rotatable bonds is 6. The molecule has 160 valence electrons. The molecular formula is C25H23N5OS. The maximum atomic E-state index is 13.1. The van der Waals surface area contributed by atoms with Crippen LogP contribution in [0.1, 0.15) is 20.3 Å². The highest BCUT2D eigenvalue weighted by molar-refractivity contribution is 8.00. The molecule has 1 N–H and O–H groups in total. The minimum Gasteiger partial charge on any atom is -0.325 e. The monoisotopic (exact) mass is 441 g/mol. The Morgan fingerprint density at radius 3 is 2.53 bits per heavy atom. The Balaban J connectivity index is 1.44. The highest BCUT2D eigenvalue weighted by Gasteiger charge is 2.22. The number of benzene rings is 3. The predicted octanol–water partition coefficient (Wildman–Crippen LogP) is 5.66. The van der Waals surface area contributed by atoms with Gasteiger partial charge in [-0.25, -0.2) is 4.98 Å². The summed E-state index contributed by atoms with van der Waals surface area (Å²) in [7, 11) is 0. The van der Waals surface area contributed by atoms with E-state index < -0.39 is 0 Å². The van der Waals surface area contributed by atoms with Gasteiger partial charge in [0.25, 0.3) is 0 Å². The second-order valence-corrected chi connectivity index (χ2v) is 8.73. The van der Waals surface area contributed by atoms with E-state index in [1.54, 1.807) is 0 Å². The van der Waals surface area contributed by atoms with Crippen molar-refractivity contribution >= 4 is 56.2 Å². The third kappa shape index (κ3) is 3.58. The van der Waals surface area contributed by atoms with Crippen molar-refractivity contribution < 1.29 is 4.79 Å². The second-order valence-electron chi connectivity index (χ2n) is 7.56. The lowest BCUT2D eigenvalue weighted by Gasteiger charge is -2.15. The first-order valence-electron chi connectivity index (χ1n) is 10.8. The number of nitrogens with one attached hydrogen (secondary N) is 1. The average molecular weight is 442 g/mol. The molecule has 1 unspecified atom stereocenters. The lowest BCUT2D eigenvalue weighted by Crippen LogP contribution is -2.25. The smallest absolute Gasteiger partial charge is 0.237 e. The summed E-state index contributed by atoms with van der Waals surface area (Å²) in [5, 5.41) is 15.2. The highest BCUT2D eigenvalue weighted by Crippen LogP contribution is 2.30. The number of aromatic nitrogens is 4. The van der Waals surface area contributed by atoms with Gasteiger partial charge in [0.1, 0.15) is 5.52 Å². The molecule has 0 radical (unpaired) electrons. The van der Waals surface area contributed by atoms with Gasteiger partial charge in [-0.1, -0.05) is 73.3 Å². The first-order chi connectivity index (χ1) is 15.7. The molecule has 0 spiro atoms. The molecule has 3 aromatic carbocycles. The van der Waals surface area contributed by atoms with Crippen molar-refractivity contribution in [1.29, 1.82) is 0 Å². The molecule has 0 fully saturated rings. The van der Waals surface area contributed by atoms with Crippen LogP contribution in [0.3, 0.4) is 0 Å². The number of hydrogen-bond acceptors (Lipinski definition) is 5. The van der Waals surface area contributed by atoms with E-state index in [2.05, 4.69) is 33.1 Å². The second kappa shape index (κ2) is 8.59. The fourth-order valence-corrected chi connectivity index (χ4v) is 4.87. The molecule has 32 heavy (non-hydrogen) atoms. The van der Waals surface area contributed by atoms with Gasteiger partial charge in [-0.2, -0.15) is 0 Å². The number of nitrogens with zero attached hydrogens (tertiary/aromatic N) is 4. The SMILES string of the molecule is CCC(Sc1nnc2c3ccccc3n(CC)c2n1)C(=O)Nc1cccc2ccccc12. The Labute approximate surface area is 190 Å². The maximum absolute atomic E-state index is 13.1. The van der Waals surface area contributed by atoms with E-state index in [0.717, 1.165) is 45.1 Å². The number of fused-ring (bicyclic) bond motifs is 4. The molecule has 0 aliphatic rings. The van der Waals surface area contributed by atoms with Gasteiger partial charge in [-0.05, 0) is 30.9 Å². The topological polar surface area (TPSA) is 72.7 Å². The molecular weight excluding hydrogens is 418 g/mol. The van der Waals surface area contributed by atoms with Crippen LogP contribution in [0.2, 0.25) is 0 Å². The molecule has 6 nitrogen and oxygen atoms in total. The summed E-state index contributed by atoms with van der Waals surface area (Å²) in [5.74, 6) is -0.0615. The van der Waals surface area contributed by atoms with Crippen LogP contribution < -0.4 is 5.32 Å². The van der Waals surface area contributed by atoms with Gasteiger partial charge < -0.3 is 9.88 Å². The fraction of sp³-hybridized carbons (Fsp3) is 0.200. The van der Waals surface area contributed by atoms with Gasteiger partial charge in [0, 0.05) is 23.0 Å². The Hall–Kier alpha value is -3.45. The highest BCUT2D eigenvalue weighted by atomic mass is 32.2. The van der Waals surface area contributed by atoms with Crippen LogP contribution in [0.4, 0.5) is 5.69 Å². The van der Waals surface area contributed by atoms with E-state index in [4.69, 9.17) is 4.98 Å². The van der Waals surface area contributed by atoms with E-state index in [1.807, 2.05) is 67.6 Å². The summed E-state index contributed by atoms with van der Waals surface area (Å²) >= 11 is 1.36. The maximum Gasteiger partial charge on any atom is 0.237 e. The van der Waals surface area contributed by atoms with Crippen molar-refractivity contribution in [2.75, 3.05) is 5.32 Å². The number of carbonyl (C=O) groups excluding carboxylic acids is 1. The molecule has 2 aromatic heterocycles. The Kier molecular flexibility index (Phi) is 5.49. The summed E-state index contributed by atoms with van der Waals surface area (Å²) in [6, 6.07) is 22.1. The van der Waals surface area contributed by atoms with Crippen molar-refractivity contribution in [2.45, 2.75) is 37.2 Å². The molecule has 0 aliphatic carbocycles. The van der Waals surface area contributed by atoms with Gasteiger partial charge in [-0.3, -0.25) is 4.79 Å². The minimum atomic E-state index is -0.326. The lowest BCUT2D eigenvalue weighted by atomic mass is 10.1. The van der Waals surface area contributed by atoms with Crippen LogP contribution in [0.5, 0.6) is 0 Å². The van der Waals surface area contributed by atoms with E-state index in [9.17, 15) is 4.79 Å². The number of aryl methyl sites for hydroxylation is 1. The largest absolute Gasteiger partial charge is 0.325 e. The Morgan fingerprint density at radius 2 is 1.72 bits per heavy atom. The minimum absolute atomic E-state index is 0.0615. The summed E-state index contributed by atoms with van der Waals surface area (Å²) in [6.07, 6.45) is 0.652. The number of anilines is 1. The van der Waals surface area contributed by atoms with Crippen molar-refractivity contribution in [1.82, 2.24) is 19.7 Å². The summed E-state index contributed by atoms with van der Waals surface area (Å²) in [6.45, 7) is 4.87. The molecule has 1 atom stereocenters. The number of carbonyl (C=O) groups is 1. The normalized spacial score (nSPS) is 12.4. The van der Waals surface area contributed by atoms with Crippen molar-refractivity contribution in [3.8, 4) is 0 Å². The molecule has 5 rings (SSSR count). The van der Waals surface area contributed by atoms with Gasteiger partial charge >= 0.3 is 0 Å². The van der Waals surface area contributed by atoms with Crippen LogP contribution in [0.15, 0.2) is 71.9 Å². The first kappa shape index (κ1) is 20.5. The zero-order valence-corrected chi connectivity index (χ0v) is 18.8. The third-order valence-corrected chi connectivity index (χ3v) is 6.84. The molecule has 0 saturated carbocycles. The molecule has 0 aliphatic heterocycles. The van der Waals surface area contributed by atoms with Crippen LogP contribution in [-0.2, 0) is 11.3 Å². The van der Waals surface area contributed by atoms with Crippen LogP contribution in [0.25, 0.3) is 32.8 Å². The zero-order valence-electron chi connectivity index (χ0n) is 17.9. The average Bonchev–Trinajstić information content (AvgIpc) is 3.15. The van der Waals surface area contributed by atoms with E-state index in [-0.39, 0.29) is 11.2 Å². The summed E-state index contributed by atoms with van der Waals surface area (Å²) < 4.78 is 2.14. The van der Waals surface area contributed by atoms with Crippen LogP contribution >= 0.6 is 11.8 Å². The van der Waals surface area contributed by atoms with E-state index in [0.29, 0.717) is 11.6 Å². The standard InChI is InChI=1S/C25H23N5OS/c1-3-21(24(31)26-19-14-9-11-16-10-5-6-12-17(16)19)32-25-27-23-22(28-29-25)18-13-7-8-15-20(18)30(23)4-2/h5-15,21H,3-4H2,1-2H3,(H,26,31). The quantitative estimate of drug-likeness (QED) is 0.344. The number of hydrogen-bond donors (Lipinski definition) is 1. The van der Waals surface area contributed by atoms with Crippen molar-refractivity contribution in [3.05, 3.63) is 66.7 Å². The fourth-order valence-electron chi connectivity index (χ4n) is 4.06. The van der Waals surface area contributed by atoms with Gasteiger partial charge in [0.2, 0.25) is 11.1 Å². The molecule has 2 heterocycles. The van der Waals surface area contributed by atoms with Crippen LogP contribution in [0, 0.1) is 0 Å². The number of amides is 1. The lowest BCUT2D eigenvalue weighted by molar-refractivity contribution is -0.115. The first-order valence-corrected chi connectivity index (χ1v) is 11.6. The Bertz CT molecular complexity index is 1440. The summed E-state index contributed by atoms with van der Waals surface area (Å²) in [4.78, 5) is 17.9. The van der Waals surface area contributed by atoms with Crippen LogP contribution in [-0.4, -0.2) is 30.9 Å². The van der Waals surface area contributed by atoms with Gasteiger partial charge in [0.15, 0.2) is 5.65 Å².